The number of nitrogens with zero attached hydrogens (tertiary/aromatic N) is 2. The number of esters is 1. The van der Waals surface area contributed by atoms with E-state index in [1.807, 2.05) is 52.8 Å². The highest BCUT2D eigenvalue weighted by atomic mass is 16.5. The molecule has 5 nitrogen and oxygen atoms in total. The number of hydrogen-bond donors (Lipinski definition) is 0. The van der Waals surface area contributed by atoms with Crippen molar-refractivity contribution in [3.05, 3.63) is 42.1 Å². The molecule has 1 heterocycles. The Balaban J connectivity index is 2.17. The maximum atomic E-state index is 11.5. The summed E-state index contributed by atoms with van der Waals surface area (Å²) >= 11 is 0. The Hall–Kier alpha value is -2.56. The SMILES string of the molecule is Cc1cc(OC(C)C)cc(-c2ccn(/C=C\C(=O)OC(C)C)n2)c1. The van der Waals surface area contributed by atoms with E-state index in [4.69, 9.17) is 9.47 Å². The van der Waals surface area contributed by atoms with Crippen LogP contribution >= 0.6 is 0 Å². The number of carbonyl (C=O) groups is 1. The molecule has 0 unspecified atom stereocenters. The normalized spacial score (nSPS) is 11.5. The van der Waals surface area contributed by atoms with E-state index in [2.05, 4.69) is 11.2 Å². The van der Waals surface area contributed by atoms with Gasteiger partial charge in [0.1, 0.15) is 5.75 Å². The van der Waals surface area contributed by atoms with E-state index in [1.54, 1.807) is 17.1 Å². The van der Waals surface area contributed by atoms with Crippen LogP contribution < -0.4 is 4.74 Å². The van der Waals surface area contributed by atoms with Gasteiger partial charge in [-0.05, 0) is 64.4 Å². The topological polar surface area (TPSA) is 53.4 Å². The molecule has 24 heavy (non-hydrogen) atoms. The first-order valence-electron chi connectivity index (χ1n) is 8.06. The van der Waals surface area contributed by atoms with E-state index < -0.39 is 0 Å². The molecule has 0 amide bonds. The highest BCUT2D eigenvalue weighted by Crippen LogP contribution is 2.25. The van der Waals surface area contributed by atoms with E-state index >= 15 is 0 Å². The van der Waals surface area contributed by atoms with Crippen LogP contribution in [0.5, 0.6) is 5.75 Å². The van der Waals surface area contributed by atoms with Gasteiger partial charge in [0, 0.05) is 24.0 Å². The fourth-order valence-electron chi connectivity index (χ4n) is 2.22. The van der Waals surface area contributed by atoms with Crippen molar-refractivity contribution in [3.63, 3.8) is 0 Å². The monoisotopic (exact) mass is 328 g/mol. The maximum absolute atomic E-state index is 11.5. The standard InChI is InChI=1S/C19H24N2O3/c1-13(2)23-17-11-15(5)10-16(12-17)18-6-8-21(20-18)9-7-19(22)24-14(3)4/h6-14H,1-5H3/b9-7-. The lowest BCUT2D eigenvalue weighted by molar-refractivity contribution is -0.141. The van der Waals surface area contributed by atoms with Crippen molar-refractivity contribution in [2.24, 2.45) is 0 Å². The molecule has 0 aliphatic rings. The Labute approximate surface area is 142 Å². The molecule has 0 N–H and O–H groups in total. The molecule has 5 heteroatoms. The van der Waals surface area contributed by atoms with Crippen molar-refractivity contribution in [2.75, 3.05) is 0 Å². The summed E-state index contributed by atoms with van der Waals surface area (Å²) in [6, 6.07) is 7.92. The summed E-state index contributed by atoms with van der Waals surface area (Å²) in [5, 5.41) is 4.46. The Kier molecular flexibility index (Phi) is 5.79. The molecule has 1 aromatic carbocycles. The van der Waals surface area contributed by atoms with Crippen LogP contribution in [0.2, 0.25) is 0 Å². The largest absolute Gasteiger partial charge is 0.491 e. The molecule has 0 spiro atoms. The highest BCUT2D eigenvalue weighted by Gasteiger charge is 2.07. The van der Waals surface area contributed by atoms with Gasteiger partial charge in [0.05, 0.1) is 17.9 Å². The zero-order valence-corrected chi connectivity index (χ0v) is 14.8. The summed E-state index contributed by atoms with van der Waals surface area (Å²) in [6.07, 6.45) is 4.71. The van der Waals surface area contributed by atoms with Gasteiger partial charge in [0.15, 0.2) is 0 Å². The van der Waals surface area contributed by atoms with Gasteiger partial charge in [-0.15, -0.1) is 0 Å². The summed E-state index contributed by atoms with van der Waals surface area (Å²) in [5.74, 6) is 0.441. The van der Waals surface area contributed by atoms with Crippen LogP contribution in [0, 0.1) is 6.92 Å². The predicted octanol–water partition coefficient (Wildman–Crippen LogP) is 4.07. The zero-order valence-electron chi connectivity index (χ0n) is 14.8. The van der Waals surface area contributed by atoms with Gasteiger partial charge in [-0.2, -0.15) is 5.10 Å². The Bertz CT molecular complexity index is 730. The highest BCUT2D eigenvalue weighted by molar-refractivity contribution is 5.85. The summed E-state index contributed by atoms with van der Waals surface area (Å²) in [5.41, 5.74) is 2.89. The van der Waals surface area contributed by atoms with E-state index in [0.29, 0.717) is 0 Å². The number of benzene rings is 1. The lowest BCUT2D eigenvalue weighted by Crippen LogP contribution is -2.08. The fraction of sp³-hybridized carbons (Fsp3) is 0.368. The fourth-order valence-corrected chi connectivity index (χ4v) is 2.22. The number of ether oxygens (including phenoxy) is 2. The van der Waals surface area contributed by atoms with Crippen molar-refractivity contribution < 1.29 is 14.3 Å². The van der Waals surface area contributed by atoms with Gasteiger partial charge in [-0.3, -0.25) is 0 Å². The molecule has 0 saturated heterocycles. The zero-order chi connectivity index (χ0) is 17.7. The first-order valence-corrected chi connectivity index (χ1v) is 8.06. The second kappa shape index (κ2) is 7.81. The second-order valence-electron chi connectivity index (χ2n) is 6.18. The number of hydrogen-bond acceptors (Lipinski definition) is 4. The van der Waals surface area contributed by atoms with Crippen molar-refractivity contribution >= 4 is 12.2 Å². The van der Waals surface area contributed by atoms with Gasteiger partial charge < -0.3 is 9.47 Å². The summed E-state index contributed by atoms with van der Waals surface area (Å²) in [7, 11) is 0. The molecule has 0 fully saturated rings. The lowest BCUT2D eigenvalue weighted by Gasteiger charge is -2.11. The summed E-state index contributed by atoms with van der Waals surface area (Å²) in [4.78, 5) is 11.5. The first kappa shape index (κ1) is 17.8. The van der Waals surface area contributed by atoms with Crippen LogP contribution in [0.3, 0.4) is 0 Å². The second-order valence-corrected chi connectivity index (χ2v) is 6.18. The van der Waals surface area contributed by atoms with Gasteiger partial charge in [0.2, 0.25) is 0 Å². The summed E-state index contributed by atoms with van der Waals surface area (Å²) in [6.45, 7) is 9.64. The molecule has 0 bridgehead atoms. The molecule has 0 aliphatic carbocycles. The Morgan fingerprint density at radius 2 is 1.92 bits per heavy atom. The van der Waals surface area contributed by atoms with Gasteiger partial charge in [-0.25, -0.2) is 9.48 Å². The lowest BCUT2D eigenvalue weighted by atomic mass is 10.1. The molecular weight excluding hydrogens is 304 g/mol. The van der Waals surface area contributed by atoms with E-state index in [1.165, 1.54) is 6.08 Å². The number of rotatable bonds is 6. The third-order valence-corrected chi connectivity index (χ3v) is 3.04. The van der Waals surface area contributed by atoms with E-state index in [-0.39, 0.29) is 18.2 Å². The maximum Gasteiger partial charge on any atom is 0.332 e. The van der Waals surface area contributed by atoms with Crippen LogP contribution in [0.1, 0.15) is 33.3 Å². The van der Waals surface area contributed by atoms with Crippen molar-refractivity contribution in [1.29, 1.82) is 0 Å². The molecule has 0 radical (unpaired) electrons. The number of carbonyl (C=O) groups excluding carboxylic acids is 1. The van der Waals surface area contributed by atoms with Crippen LogP contribution in [0.25, 0.3) is 17.5 Å². The predicted molar refractivity (Wildman–Crippen MR) is 94.7 cm³/mol. The van der Waals surface area contributed by atoms with Crippen LogP contribution in [0.4, 0.5) is 0 Å². The molecule has 2 rings (SSSR count). The Morgan fingerprint density at radius 3 is 2.58 bits per heavy atom. The average molecular weight is 328 g/mol. The van der Waals surface area contributed by atoms with Crippen molar-refractivity contribution in [3.8, 4) is 17.0 Å². The Morgan fingerprint density at radius 1 is 1.17 bits per heavy atom. The minimum absolute atomic E-state index is 0.118. The van der Waals surface area contributed by atoms with Crippen LogP contribution in [-0.2, 0) is 9.53 Å². The average Bonchev–Trinajstić information content (AvgIpc) is 2.92. The first-order chi connectivity index (χ1) is 11.3. The third kappa shape index (κ3) is 5.26. The smallest absolute Gasteiger partial charge is 0.332 e. The third-order valence-electron chi connectivity index (χ3n) is 3.04. The van der Waals surface area contributed by atoms with Gasteiger partial charge in [0.25, 0.3) is 0 Å². The molecule has 2 aromatic rings. The minimum atomic E-state index is -0.384. The van der Waals surface area contributed by atoms with Crippen molar-refractivity contribution in [1.82, 2.24) is 9.78 Å². The molecular formula is C19H24N2O3. The number of aryl methyl sites for hydroxylation is 1. The summed E-state index contributed by atoms with van der Waals surface area (Å²) < 4.78 is 12.4. The number of aromatic nitrogens is 2. The van der Waals surface area contributed by atoms with Gasteiger partial charge in [-0.1, -0.05) is 0 Å². The molecule has 1 aromatic heterocycles. The van der Waals surface area contributed by atoms with Crippen LogP contribution in [-0.4, -0.2) is 28.0 Å². The molecule has 0 atom stereocenters. The molecule has 0 saturated carbocycles. The van der Waals surface area contributed by atoms with Gasteiger partial charge >= 0.3 is 5.97 Å². The molecule has 0 aliphatic heterocycles. The van der Waals surface area contributed by atoms with Crippen molar-refractivity contribution in [2.45, 2.75) is 46.8 Å². The van der Waals surface area contributed by atoms with E-state index in [9.17, 15) is 4.79 Å². The molecule has 128 valence electrons. The van der Waals surface area contributed by atoms with Crippen LogP contribution in [0.15, 0.2) is 36.5 Å². The van der Waals surface area contributed by atoms with E-state index in [0.717, 1.165) is 22.6 Å². The quantitative estimate of drug-likeness (QED) is 0.592. The minimum Gasteiger partial charge on any atom is -0.491 e.